The van der Waals surface area contributed by atoms with E-state index in [-0.39, 0.29) is 24.0 Å². The summed E-state index contributed by atoms with van der Waals surface area (Å²) in [5.41, 5.74) is 9.75. The molecule has 3 aromatic rings. The number of halogens is 1. The first-order chi connectivity index (χ1) is 12.2. The van der Waals surface area contributed by atoms with Crippen LogP contribution in [0.1, 0.15) is 11.3 Å². The molecule has 0 aliphatic rings. The maximum atomic E-state index is 6.00. The highest BCUT2D eigenvalue weighted by atomic mass is 127. The van der Waals surface area contributed by atoms with Gasteiger partial charge >= 0.3 is 0 Å². The third-order valence-electron chi connectivity index (χ3n) is 3.81. The zero-order chi connectivity index (χ0) is 17.6. The summed E-state index contributed by atoms with van der Waals surface area (Å²) in [7, 11) is 1.62. The van der Waals surface area contributed by atoms with Crippen molar-refractivity contribution in [2.45, 2.75) is 13.5 Å². The fourth-order valence-electron chi connectivity index (χ4n) is 2.46. The van der Waals surface area contributed by atoms with Gasteiger partial charge in [0.2, 0.25) is 0 Å². The van der Waals surface area contributed by atoms with Crippen molar-refractivity contribution in [1.82, 2.24) is 9.78 Å². The van der Waals surface area contributed by atoms with Crippen molar-refractivity contribution in [1.29, 1.82) is 0 Å². The van der Waals surface area contributed by atoms with Crippen molar-refractivity contribution in [3.05, 3.63) is 72.1 Å². The number of ether oxygens (including phenoxy) is 1. The molecule has 0 radical (unpaired) electrons. The molecular formula is C19H22IN5O. The summed E-state index contributed by atoms with van der Waals surface area (Å²) >= 11 is 0. The quantitative estimate of drug-likeness (QED) is 0.344. The van der Waals surface area contributed by atoms with Gasteiger partial charge in [-0.15, -0.1) is 24.0 Å². The number of anilines is 1. The Kier molecular flexibility index (Phi) is 7.02. The average Bonchev–Trinajstić information content (AvgIpc) is 3.02. The smallest absolute Gasteiger partial charge is 0.193 e. The highest BCUT2D eigenvalue weighted by Gasteiger charge is 2.07. The van der Waals surface area contributed by atoms with Gasteiger partial charge in [-0.3, -0.25) is 0 Å². The second-order valence-corrected chi connectivity index (χ2v) is 5.55. The number of benzene rings is 2. The van der Waals surface area contributed by atoms with Crippen LogP contribution in [0.4, 0.5) is 5.69 Å². The van der Waals surface area contributed by atoms with Gasteiger partial charge in [-0.25, -0.2) is 9.67 Å². The molecular weight excluding hydrogens is 441 g/mol. The molecule has 0 unspecified atom stereocenters. The van der Waals surface area contributed by atoms with Crippen LogP contribution in [0.15, 0.2) is 65.8 Å². The summed E-state index contributed by atoms with van der Waals surface area (Å²) in [5.74, 6) is 1.05. The standard InChI is InChI=1S/C19H21N5O.HI/c1-14-15(13-24(23-14)16-8-4-3-5-9-16)12-21-19(20)22-17-10-6-7-11-18(17)25-2;/h3-11,13H,12H2,1-2H3,(H3,20,21,22);1H. The Morgan fingerprint density at radius 3 is 2.58 bits per heavy atom. The Labute approximate surface area is 170 Å². The second kappa shape index (κ2) is 9.23. The SMILES string of the molecule is COc1ccccc1NC(N)=NCc1cn(-c2ccccc2)nc1C.I. The van der Waals surface area contributed by atoms with E-state index in [1.165, 1.54) is 0 Å². The van der Waals surface area contributed by atoms with Gasteiger partial charge in [0, 0.05) is 11.8 Å². The summed E-state index contributed by atoms with van der Waals surface area (Å²) in [6.45, 7) is 2.42. The predicted molar refractivity (Wildman–Crippen MR) is 116 cm³/mol. The molecule has 0 fully saturated rings. The molecule has 3 N–H and O–H groups in total. The fraction of sp³-hybridized carbons (Fsp3) is 0.158. The first kappa shape index (κ1) is 19.8. The van der Waals surface area contributed by atoms with Crippen LogP contribution in [0.2, 0.25) is 0 Å². The van der Waals surface area contributed by atoms with E-state index in [2.05, 4.69) is 15.4 Å². The monoisotopic (exact) mass is 463 g/mol. The van der Waals surface area contributed by atoms with Crippen molar-refractivity contribution in [2.75, 3.05) is 12.4 Å². The van der Waals surface area contributed by atoms with Crippen molar-refractivity contribution in [3.8, 4) is 11.4 Å². The lowest BCUT2D eigenvalue weighted by Crippen LogP contribution is -2.22. The number of para-hydroxylation sites is 3. The van der Waals surface area contributed by atoms with Crippen LogP contribution in [0.3, 0.4) is 0 Å². The zero-order valence-corrected chi connectivity index (χ0v) is 17.0. The first-order valence-corrected chi connectivity index (χ1v) is 7.98. The summed E-state index contributed by atoms with van der Waals surface area (Å²) in [6.07, 6.45) is 1.98. The number of methoxy groups -OCH3 is 1. The van der Waals surface area contributed by atoms with Crippen LogP contribution in [-0.4, -0.2) is 22.8 Å². The lowest BCUT2D eigenvalue weighted by atomic mass is 10.2. The van der Waals surface area contributed by atoms with Gasteiger partial charge in [-0.1, -0.05) is 30.3 Å². The van der Waals surface area contributed by atoms with Crippen molar-refractivity contribution >= 4 is 35.6 Å². The predicted octanol–water partition coefficient (Wildman–Crippen LogP) is 3.73. The number of aryl methyl sites for hydroxylation is 1. The highest BCUT2D eigenvalue weighted by Crippen LogP contribution is 2.22. The molecule has 0 atom stereocenters. The van der Waals surface area contributed by atoms with E-state index >= 15 is 0 Å². The van der Waals surface area contributed by atoms with Gasteiger partial charge in [0.25, 0.3) is 0 Å². The number of nitrogens with one attached hydrogen (secondary N) is 1. The Morgan fingerprint density at radius 1 is 1.15 bits per heavy atom. The molecule has 1 aromatic heterocycles. The van der Waals surface area contributed by atoms with Gasteiger partial charge in [0.05, 0.1) is 30.7 Å². The maximum Gasteiger partial charge on any atom is 0.193 e. The molecule has 0 saturated carbocycles. The molecule has 0 aliphatic carbocycles. The lowest BCUT2D eigenvalue weighted by molar-refractivity contribution is 0.417. The molecule has 0 aliphatic heterocycles. The van der Waals surface area contributed by atoms with Crippen LogP contribution in [0.5, 0.6) is 5.75 Å². The third-order valence-corrected chi connectivity index (χ3v) is 3.81. The Balaban J connectivity index is 0.00000243. The van der Waals surface area contributed by atoms with Crippen LogP contribution >= 0.6 is 24.0 Å². The van der Waals surface area contributed by atoms with Crippen LogP contribution in [0, 0.1) is 6.92 Å². The summed E-state index contributed by atoms with van der Waals surface area (Å²) in [5, 5.41) is 7.60. The number of hydrogen-bond acceptors (Lipinski definition) is 3. The molecule has 0 spiro atoms. The lowest BCUT2D eigenvalue weighted by Gasteiger charge is -2.09. The number of nitrogens with two attached hydrogens (primary N) is 1. The van der Waals surface area contributed by atoms with Crippen LogP contribution in [0.25, 0.3) is 5.69 Å². The molecule has 0 saturated heterocycles. The maximum absolute atomic E-state index is 6.00. The second-order valence-electron chi connectivity index (χ2n) is 5.55. The van der Waals surface area contributed by atoms with E-state index in [4.69, 9.17) is 10.5 Å². The Morgan fingerprint density at radius 2 is 1.85 bits per heavy atom. The molecule has 0 amide bonds. The highest BCUT2D eigenvalue weighted by molar-refractivity contribution is 14.0. The summed E-state index contributed by atoms with van der Waals surface area (Å²) in [6, 6.07) is 17.5. The number of guanidine groups is 1. The molecule has 7 heteroatoms. The minimum absolute atomic E-state index is 0. The van der Waals surface area contributed by atoms with E-state index < -0.39 is 0 Å². The van der Waals surface area contributed by atoms with E-state index in [1.807, 2.05) is 72.4 Å². The zero-order valence-electron chi connectivity index (χ0n) is 14.7. The Bertz CT molecular complexity index is 877. The molecule has 3 rings (SSSR count). The molecule has 1 heterocycles. The average molecular weight is 463 g/mol. The van der Waals surface area contributed by atoms with E-state index in [9.17, 15) is 0 Å². The van der Waals surface area contributed by atoms with Gasteiger partial charge in [-0.05, 0) is 31.2 Å². The topological polar surface area (TPSA) is 77.5 Å². The van der Waals surface area contributed by atoms with Gasteiger partial charge in [0.15, 0.2) is 5.96 Å². The number of hydrogen-bond donors (Lipinski definition) is 2. The first-order valence-electron chi connectivity index (χ1n) is 7.98. The van der Waals surface area contributed by atoms with Crippen LogP contribution < -0.4 is 15.8 Å². The number of nitrogens with zero attached hydrogens (tertiary/aromatic N) is 3. The molecule has 136 valence electrons. The molecule has 2 aromatic carbocycles. The minimum atomic E-state index is 0. The van der Waals surface area contributed by atoms with E-state index in [0.29, 0.717) is 18.3 Å². The number of rotatable bonds is 5. The fourth-order valence-corrected chi connectivity index (χ4v) is 2.46. The van der Waals surface area contributed by atoms with Crippen molar-refractivity contribution < 1.29 is 4.74 Å². The van der Waals surface area contributed by atoms with Crippen molar-refractivity contribution in [3.63, 3.8) is 0 Å². The normalized spacial score (nSPS) is 10.9. The molecule has 6 nitrogen and oxygen atoms in total. The minimum Gasteiger partial charge on any atom is -0.495 e. The molecule has 0 bridgehead atoms. The van der Waals surface area contributed by atoms with Gasteiger partial charge in [-0.2, -0.15) is 5.10 Å². The van der Waals surface area contributed by atoms with Gasteiger partial charge in [0.1, 0.15) is 5.75 Å². The molecule has 26 heavy (non-hydrogen) atoms. The van der Waals surface area contributed by atoms with Gasteiger partial charge < -0.3 is 15.8 Å². The van der Waals surface area contributed by atoms with E-state index in [0.717, 1.165) is 22.6 Å². The largest absolute Gasteiger partial charge is 0.495 e. The third kappa shape index (κ3) is 4.75. The van der Waals surface area contributed by atoms with Crippen LogP contribution in [-0.2, 0) is 6.54 Å². The van der Waals surface area contributed by atoms with E-state index in [1.54, 1.807) is 7.11 Å². The Hall–Kier alpha value is -2.55. The number of aromatic nitrogens is 2. The van der Waals surface area contributed by atoms with Crippen molar-refractivity contribution in [2.24, 2.45) is 10.7 Å². The summed E-state index contributed by atoms with van der Waals surface area (Å²) in [4.78, 5) is 4.41. The number of aliphatic imine (C=N–C) groups is 1. The summed E-state index contributed by atoms with van der Waals surface area (Å²) < 4.78 is 7.15.